The maximum absolute atomic E-state index is 11.0. The van der Waals surface area contributed by atoms with Crippen molar-refractivity contribution in [2.75, 3.05) is 20.8 Å². The number of methoxy groups -OCH3 is 2. The predicted octanol–water partition coefficient (Wildman–Crippen LogP) is -1.13. The molecule has 0 radical (unpaired) electrons. The van der Waals surface area contributed by atoms with E-state index in [1.807, 2.05) is 0 Å². The number of esters is 2. The summed E-state index contributed by atoms with van der Waals surface area (Å²) in [5.41, 5.74) is 5.05. The van der Waals surface area contributed by atoms with E-state index in [4.69, 9.17) is 5.73 Å². The number of carbonyl (C=O) groups excluding carboxylic acids is 3. The molecule has 0 aliphatic rings. The highest BCUT2D eigenvalue weighted by molar-refractivity contribution is 5.99. The van der Waals surface area contributed by atoms with Gasteiger partial charge in [-0.25, -0.2) is 0 Å². The molecule has 0 unspecified atom stereocenters. The molecule has 0 rings (SSSR count). The minimum Gasteiger partial charge on any atom is -0.468 e. The zero-order chi connectivity index (χ0) is 11.1. The molecule has 0 aromatic carbocycles. The van der Waals surface area contributed by atoms with Gasteiger partial charge < -0.3 is 15.2 Å². The second kappa shape index (κ2) is 6.09. The van der Waals surface area contributed by atoms with E-state index in [0.29, 0.717) is 0 Å². The van der Waals surface area contributed by atoms with Gasteiger partial charge in [-0.2, -0.15) is 0 Å². The summed E-state index contributed by atoms with van der Waals surface area (Å²) in [4.78, 5) is 33.0. The fourth-order valence-electron chi connectivity index (χ4n) is 0.858. The van der Waals surface area contributed by atoms with Gasteiger partial charge in [-0.3, -0.25) is 14.4 Å². The molecular formula is C8H13NO5. The summed E-state index contributed by atoms with van der Waals surface area (Å²) >= 11 is 0. The summed E-state index contributed by atoms with van der Waals surface area (Å²) in [5.74, 6) is -3.19. The molecule has 0 spiro atoms. The Morgan fingerprint density at radius 3 is 1.86 bits per heavy atom. The third-order valence-corrected chi connectivity index (χ3v) is 1.63. The second-order valence-corrected chi connectivity index (χ2v) is 2.55. The van der Waals surface area contributed by atoms with Gasteiger partial charge in [0.25, 0.3) is 0 Å². The largest absolute Gasteiger partial charge is 0.468 e. The van der Waals surface area contributed by atoms with E-state index in [-0.39, 0.29) is 13.0 Å². The number of hydrogen-bond donors (Lipinski definition) is 1. The molecule has 6 heteroatoms. The molecule has 0 amide bonds. The predicted molar refractivity (Wildman–Crippen MR) is 46.2 cm³/mol. The van der Waals surface area contributed by atoms with Gasteiger partial charge in [-0.1, -0.05) is 0 Å². The molecule has 6 nitrogen and oxygen atoms in total. The van der Waals surface area contributed by atoms with E-state index in [2.05, 4.69) is 9.47 Å². The number of rotatable bonds is 5. The second-order valence-electron chi connectivity index (χ2n) is 2.55. The van der Waals surface area contributed by atoms with E-state index >= 15 is 0 Å². The van der Waals surface area contributed by atoms with Crippen molar-refractivity contribution in [3.8, 4) is 0 Å². The van der Waals surface area contributed by atoms with Crippen molar-refractivity contribution in [3.63, 3.8) is 0 Å². The maximum atomic E-state index is 11.0. The summed E-state index contributed by atoms with van der Waals surface area (Å²) in [6, 6.07) is 0. The fourth-order valence-corrected chi connectivity index (χ4v) is 0.858. The summed E-state index contributed by atoms with van der Waals surface area (Å²) in [6.07, 6.45) is -0.282. The third-order valence-electron chi connectivity index (χ3n) is 1.63. The van der Waals surface area contributed by atoms with Crippen molar-refractivity contribution in [2.45, 2.75) is 6.42 Å². The average molecular weight is 203 g/mol. The Morgan fingerprint density at radius 2 is 1.57 bits per heavy atom. The Labute approximate surface area is 81.3 Å². The van der Waals surface area contributed by atoms with E-state index in [1.165, 1.54) is 0 Å². The number of hydrogen-bond acceptors (Lipinski definition) is 6. The van der Waals surface area contributed by atoms with Gasteiger partial charge in [-0.05, 0) is 0 Å². The van der Waals surface area contributed by atoms with Crippen LogP contribution < -0.4 is 5.73 Å². The first-order valence-corrected chi connectivity index (χ1v) is 3.94. The van der Waals surface area contributed by atoms with Crippen molar-refractivity contribution in [1.29, 1.82) is 0 Å². The van der Waals surface area contributed by atoms with E-state index in [1.54, 1.807) is 0 Å². The van der Waals surface area contributed by atoms with Gasteiger partial charge in [0.05, 0.1) is 20.8 Å². The van der Waals surface area contributed by atoms with Gasteiger partial charge in [0.1, 0.15) is 5.78 Å². The van der Waals surface area contributed by atoms with Crippen LogP contribution >= 0.6 is 0 Å². The van der Waals surface area contributed by atoms with Crippen LogP contribution in [0.3, 0.4) is 0 Å². The fraction of sp³-hybridized carbons (Fsp3) is 0.625. The lowest BCUT2D eigenvalue weighted by molar-refractivity contribution is -0.160. The Balaban J connectivity index is 4.48. The van der Waals surface area contributed by atoms with Crippen molar-refractivity contribution in [2.24, 2.45) is 11.7 Å². The SMILES string of the molecule is COC(=O)C(CC(=O)CN)C(=O)OC. The standard InChI is InChI=1S/C8H13NO5/c1-13-7(11)6(8(12)14-2)3-5(10)4-9/h6H,3-4,9H2,1-2H3. The number of ketones is 1. The number of carbonyl (C=O) groups is 3. The molecule has 0 fully saturated rings. The number of Topliss-reactive ketones (excluding diaryl/α,β-unsaturated/α-hetero) is 1. The first kappa shape index (κ1) is 12.6. The zero-order valence-corrected chi connectivity index (χ0v) is 8.11. The van der Waals surface area contributed by atoms with E-state index in [0.717, 1.165) is 14.2 Å². The Kier molecular flexibility index (Phi) is 5.47. The molecule has 0 aliphatic heterocycles. The van der Waals surface area contributed by atoms with Gasteiger partial charge in [0.2, 0.25) is 0 Å². The zero-order valence-electron chi connectivity index (χ0n) is 8.11. The van der Waals surface area contributed by atoms with Crippen LogP contribution in [0.15, 0.2) is 0 Å². The minimum atomic E-state index is -1.21. The summed E-state index contributed by atoms with van der Waals surface area (Å²) in [7, 11) is 2.26. The molecule has 2 N–H and O–H groups in total. The molecule has 0 saturated heterocycles. The molecule has 0 aliphatic carbocycles. The van der Waals surface area contributed by atoms with Gasteiger partial charge >= 0.3 is 11.9 Å². The van der Waals surface area contributed by atoms with Gasteiger partial charge in [0.15, 0.2) is 5.92 Å². The van der Waals surface area contributed by atoms with Crippen molar-refractivity contribution >= 4 is 17.7 Å². The average Bonchev–Trinajstić information content (AvgIpc) is 2.23. The molecule has 0 aromatic heterocycles. The van der Waals surface area contributed by atoms with Crippen LogP contribution in [0, 0.1) is 5.92 Å². The van der Waals surface area contributed by atoms with Crippen LogP contribution in [0.5, 0.6) is 0 Å². The van der Waals surface area contributed by atoms with Crippen LogP contribution in [0.2, 0.25) is 0 Å². The summed E-state index contributed by atoms with van der Waals surface area (Å²) < 4.78 is 8.70. The van der Waals surface area contributed by atoms with E-state index in [9.17, 15) is 14.4 Å². The third kappa shape index (κ3) is 3.53. The van der Waals surface area contributed by atoms with Gasteiger partial charge in [0, 0.05) is 6.42 Å². The smallest absolute Gasteiger partial charge is 0.320 e. The van der Waals surface area contributed by atoms with Gasteiger partial charge in [-0.15, -0.1) is 0 Å². The highest BCUT2D eigenvalue weighted by Crippen LogP contribution is 2.08. The molecule has 80 valence electrons. The maximum Gasteiger partial charge on any atom is 0.320 e. The molecule has 0 aromatic rings. The molecule has 0 atom stereocenters. The monoisotopic (exact) mass is 203 g/mol. The highest BCUT2D eigenvalue weighted by atomic mass is 16.5. The molecule has 0 bridgehead atoms. The normalized spacial score (nSPS) is 9.71. The van der Waals surface area contributed by atoms with Crippen molar-refractivity contribution in [3.05, 3.63) is 0 Å². The van der Waals surface area contributed by atoms with E-state index < -0.39 is 23.6 Å². The Morgan fingerprint density at radius 1 is 1.14 bits per heavy atom. The molecule has 14 heavy (non-hydrogen) atoms. The lowest BCUT2D eigenvalue weighted by Gasteiger charge is -2.10. The molecular weight excluding hydrogens is 190 g/mol. The lowest BCUT2D eigenvalue weighted by Crippen LogP contribution is -2.30. The van der Waals surface area contributed by atoms with Crippen molar-refractivity contribution in [1.82, 2.24) is 0 Å². The summed E-state index contributed by atoms with van der Waals surface area (Å²) in [5, 5.41) is 0. The minimum absolute atomic E-state index is 0.218. The van der Waals surface area contributed by atoms with Crippen molar-refractivity contribution < 1.29 is 23.9 Å². The Bertz CT molecular complexity index is 222. The van der Waals surface area contributed by atoms with Crippen LogP contribution in [-0.2, 0) is 23.9 Å². The molecule has 0 saturated carbocycles. The number of nitrogens with two attached hydrogens (primary N) is 1. The first-order valence-electron chi connectivity index (χ1n) is 3.94. The first-order chi connectivity index (χ1) is 6.56. The number of ether oxygens (including phenoxy) is 2. The van der Waals surface area contributed by atoms with Crippen LogP contribution in [0.25, 0.3) is 0 Å². The van der Waals surface area contributed by atoms with Crippen LogP contribution in [0.4, 0.5) is 0 Å². The highest BCUT2D eigenvalue weighted by Gasteiger charge is 2.30. The summed E-state index contributed by atoms with van der Waals surface area (Å²) in [6.45, 7) is -0.218. The lowest BCUT2D eigenvalue weighted by atomic mass is 10.0. The Hall–Kier alpha value is -1.43. The van der Waals surface area contributed by atoms with Crippen LogP contribution in [-0.4, -0.2) is 38.5 Å². The van der Waals surface area contributed by atoms with Crippen LogP contribution in [0.1, 0.15) is 6.42 Å². The topological polar surface area (TPSA) is 95.7 Å². The molecule has 0 heterocycles. The quantitative estimate of drug-likeness (QED) is 0.448.